The molecule has 24 heavy (non-hydrogen) atoms. The summed E-state index contributed by atoms with van der Waals surface area (Å²) in [6, 6.07) is 8.46. The Hall–Kier alpha value is -0.530. The second-order valence-corrected chi connectivity index (χ2v) is 7.62. The number of guanidine groups is 1. The molecule has 6 heteroatoms. The Labute approximate surface area is 166 Å². The largest absolute Gasteiger partial charge is 0.377 e. The van der Waals surface area contributed by atoms with Crippen molar-refractivity contribution in [2.45, 2.75) is 45.4 Å². The molecular weight excluding hydrogens is 437 g/mol. The number of benzene rings is 1. The number of rotatable bonds is 3. The Balaban J connectivity index is 0.00000208. The van der Waals surface area contributed by atoms with E-state index in [-0.39, 0.29) is 35.4 Å². The molecule has 0 aromatic heterocycles. The number of aliphatic imine (C=N–C) groups is 1. The SMILES string of the molecule is CN=C(NC(C)c1cccc(Cl)c1)NC1C2CCOC2C1(C)C.I. The highest BCUT2D eigenvalue weighted by molar-refractivity contribution is 14.0. The molecule has 0 amide bonds. The van der Waals surface area contributed by atoms with Crippen LogP contribution in [0.5, 0.6) is 0 Å². The van der Waals surface area contributed by atoms with Gasteiger partial charge in [-0.25, -0.2) is 0 Å². The molecule has 134 valence electrons. The van der Waals surface area contributed by atoms with Gasteiger partial charge in [0, 0.05) is 36.1 Å². The molecule has 1 aliphatic heterocycles. The highest BCUT2D eigenvalue weighted by atomic mass is 127. The summed E-state index contributed by atoms with van der Waals surface area (Å²) < 4.78 is 5.86. The van der Waals surface area contributed by atoms with Crippen molar-refractivity contribution in [1.82, 2.24) is 10.6 Å². The Kier molecular flexibility index (Phi) is 6.42. The Morgan fingerprint density at radius 3 is 2.83 bits per heavy atom. The molecule has 3 rings (SSSR count). The normalized spacial score (nSPS) is 29.0. The third-order valence-corrected chi connectivity index (χ3v) is 5.55. The highest BCUT2D eigenvalue weighted by Crippen LogP contribution is 2.52. The predicted molar refractivity (Wildman–Crippen MR) is 110 cm³/mol. The van der Waals surface area contributed by atoms with E-state index in [9.17, 15) is 0 Å². The van der Waals surface area contributed by atoms with Crippen molar-refractivity contribution >= 4 is 41.5 Å². The summed E-state index contributed by atoms with van der Waals surface area (Å²) in [6.07, 6.45) is 1.51. The number of hydrogen-bond donors (Lipinski definition) is 2. The molecule has 4 atom stereocenters. The number of ether oxygens (including phenoxy) is 1. The summed E-state index contributed by atoms with van der Waals surface area (Å²) in [7, 11) is 1.81. The first-order chi connectivity index (χ1) is 10.9. The number of nitrogens with one attached hydrogen (secondary N) is 2. The molecule has 1 aromatic rings. The minimum Gasteiger partial charge on any atom is -0.377 e. The van der Waals surface area contributed by atoms with Crippen LogP contribution in [0.2, 0.25) is 5.02 Å². The fraction of sp³-hybridized carbons (Fsp3) is 0.611. The van der Waals surface area contributed by atoms with Gasteiger partial charge in [0.05, 0.1) is 12.1 Å². The van der Waals surface area contributed by atoms with Gasteiger partial charge >= 0.3 is 0 Å². The van der Waals surface area contributed by atoms with Gasteiger partial charge in [0.1, 0.15) is 0 Å². The van der Waals surface area contributed by atoms with E-state index in [1.54, 1.807) is 0 Å². The maximum Gasteiger partial charge on any atom is 0.191 e. The molecule has 0 bridgehead atoms. The monoisotopic (exact) mass is 463 g/mol. The fourth-order valence-electron chi connectivity index (χ4n) is 4.00. The molecule has 1 aromatic carbocycles. The third-order valence-electron chi connectivity index (χ3n) is 5.32. The molecule has 1 saturated carbocycles. The van der Waals surface area contributed by atoms with Crippen LogP contribution >= 0.6 is 35.6 Å². The van der Waals surface area contributed by atoms with Crippen molar-refractivity contribution in [3.63, 3.8) is 0 Å². The highest BCUT2D eigenvalue weighted by Gasteiger charge is 2.59. The van der Waals surface area contributed by atoms with Gasteiger partial charge in [-0.2, -0.15) is 0 Å². The molecule has 1 saturated heterocycles. The number of fused-ring (bicyclic) bond motifs is 1. The quantitative estimate of drug-likeness (QED) is 0.405. The molecular formula is C18H27ClIN3O. The maximum absolute atomic E-state index is 6.09. The summed E-state index contributed by atoms with van der Waals surface area (Å²) in [4.78, 5) is 4.40. The number of nitrogens with zero attached hydrogens (tertiary/aromatic N) is 1. The molecule has 1 heterocycles. The lowest BCUT2D eigenvalue weighted by Gasteiger charge is -2.55. The molecule has 4 nitrogen and oxygen atoms in total. The Morgan fingerprint density at radius 1 is 1.42 bits per heavy atom. The van der Waals surface area contributed by atoms with Gasteiger partial charge in [-0.15, -0.1) is 24.0 Å². The Morgan fingerprint density at radius 2 is 2.17 bits per heavy atom. The minimum atomic E-state index is 0. The lowest BCUT2D eigenvalue weighted by molar-refractivity contribution is -0.106. The summed E-state index contributed by atoms with van der Waals surface area (Å²) in [6.45, 7) is 7.53. The van der Waals surface area contributed by atoms with Gasteiger partial charge in [0.25, 0.3) is 0 Å². The minimum absolute atomic E-state index is 0. The first kappa shape index (κ1) is 19.8. The van der Waals surface area contributed by atoms with E-state index in [4.69, 9.17) is 16.3 Å². The zero-order valence-electron chi connectivity index (χ0n) is 14.7. The predicted octanol–water partition coefficient (Wildman–Crippen LogP) is 4.00. The van der Waals surface area contributed by atoms with Crippen LogP contribution in [0.4, 0.5) is 0 Å². The summed E-state index contributed by atoms with van der Waals surface area (Å²) >= 11 is 6.09. The molecule has 2 fully saturated rings. The zero-order chi connectivity index (χ0) is 16.6. The molecule has 0 spiro atoms. The molecule has 2 N–H and O–H groups in total. The average Bonchev–Trinajstić information content (AvgIpc) is 2.98. The maximum atomic E-state index is 6.09. The van der Waals surface area contributed by atoms with Crippen molar-refractivity contribution in [1.29, 1.82) is 0 Å². The molecule has 0 radical (unpaired) electrons. The summed E-state index contributed by atoms with van der Waals surface area (Å²) in [5.41, 5.74) is 1.29. The smallest absolute Gasteiger partial charge is 0.191 e. The van der Waals surface area contributed by atoms with E-state index in [0.717, 1.165) is 29.6 Å². The van der Waals surface area contributed by atoms with Crippen LogP contribution in [0.15, 0.2) is 29.3 Å². The van der Waals surface area contributed by atoms with Crippen LogP contribution in [0.3, 0.4) is 0 Å². The topological polar surface area (TPSA) is 45.7 Å². The van der Waals surface area contributed by atoms with Gasteiger partial charge in [-0.05, 0) is 31.0 Å². The van der Waals surface area contributed by atoms with Crippen molar-refractivity contribution in [3.05, 3.63) is 34.9 Å². The van der Waals surface area contributed by atoms with Crippen LogP contribution in [-0.2, 0) is 4.74 Å². The van der Waals surface area contributed by atoms with Crippen LogP contribution in [-0.4, -0.2) is 31.8 Å². The van der Waals surface area contributed by atoms with Gasteiger partial charge in [0.15, 0.2) is 5.96 Å². The van der Waals surface area contributed by atoms with E-state index < -0.39 is 0 Å². The second kappa shape index (κ2) is 7.79. The number of hydrogen-bond acceptors (Lipinski definition) is 2. The van der Waals surface area contributed by atoms with Gasteiger partial charge < -0.3 is 15.4 Å². The molecule has 4 unspecified atom stereocenters. The average molecular weight is 464 g/mol. The van der Waals surface area contributed by atoms with Crippen LogP contribution in [0, 0.1) is 11.3 Å². The van der Waals surface area contributed by atoms with Crippen LogP contribution in [0.1, 0.15) is 38.8 Å². The van der Waals surface area contributed by atoms with E-state index in [1.165, 1.54) is 0 Å². The first-order valence-electron chi connectivity index (χ1n) is 8.30. The van der Waals surface area contributed by atoms with Crippen molar-refractivity contribution in [3.8, 4) is 0 Å². The first-order valence-corrected chi connectivity index (χ1v) is 8.68. The summed E-state index contributed by atoms with van der Waals surface area (Å²) in [5.74, 6) is 1.42. The lowest BCUT2D eigenvalue weighted by Crippen LogP contribution is -2.68. The van der Waals surface area contributed by atoms with E-state index in [0.29, 0.717) is 18.1 Å². The van der Waals surface area contributed by atoms with Gasteiger partial charge in [-0.1, -0.05) is 37.6 Å². The second-order valence-electron chi connectivity index (χ2n) is 7.18. The summed E-state index contributed by atoms with van der Waals surface area (Å²) in [5, 5.41) is 7.83. The zero-order valence-corrected chi connectivity index (χ0v) is 17.8. The van der Waals surface area contributed by atoms with Crippen LogP contribution < -0.4 is 10.6 Å². The van der Waals surface area contributed by atoms with E-state index in [2.05, 4.69) is 42.5 Å². The molecule has 1 aliphatic carbocycles. The fourth-order valence-corrected chi connectivity index (χ4v) is 4.20. The van der Waals surface area contributed by atoms with Gasteiger partial charge in [-0.3, -0.25) is 4.99 Å². The number of halogens is 2. The van der Waals surface area contributed by atoms with Gasteiger partial charge in [0.2, 0.25) is 0 Å². The molecule has 2 aliphatic rings. The van der Waals surface area contributed by atoms with E-state index >= 15 is 0 Å². The third kappa shape index (κ3) is 3.68. The van der Waals surface area contributed by atoms with Crippen molar-refractivity contribution in [2.75, 3.05) is 13.7 Å². The van der Waals surface area contributed by atoms with E-state index in [1.807, 2.05) is 25.2 Å². The van der Waals surface area contributed by atoms with Crippen molar-refractivity contribution in [2.24, 2.45) is 16.3 Å². The van der Waals surface area contributed by atoms with Crippen molar-refractivity contribution < 1.29 is 4.74 Å². The standard InChI is InChI=1S/C18H26ClN3O.HI/c1-11(12-6-5-7-13(19)10-12)21-17(20-4)22-15-14-8-9-23-16(14)18(15,2)3;/h5-7,10-11,14-16H,8-9H2,1-4H3,(H2,20,21,22);1H. The van der Waals surface area contributed by atoms with Crippen LogP contribution in [0.25, 0.3) is 0 Å². The lowest BCUT2D eigenvalue weighted by atomic mass is 9.57. The Bertz CT molecular complexity index is 608.